The van der Waals surface area contributed by atoms with Gasteiger partial charge in [0.1, 0.15) is 0 Å². The van der Waals surface area contributed by atoms with E-state index in [4.69, 9.17) is 5.73 Å². The highest BCUT2D eigenvalue weighted by Crippen LogP contribution is 2.34. The second kappa shape index (κ2) is 3.81. The van der Waals surface area contributed by atoms with Crippen molar-refractivity contribution in [3.05, 3.63) is 17.5 Å². The number of nitrogens with two attached hydrogens (primary N) is 1. The molecule has 1 nitrogen and oxygen atoms in total. The highest BCUT2D eigenvalue weighted by atomic mass is 32.2. The van der Waals surface area contributed by atoms with Crippen molar-refractivity contribution in [2.24, 2.45) is 11.7 Å². The Labute approximate surface area is 81.4 Å². The molecule has 1 aliphatic rings. The van der Waals surface area contributed by atoms with Crippen LogP contribution >= 0.6 is 23.1 Å². The Balaban J connectivity index is 1.74. The van der Waals surface area contributed by atoms with Crippen molar-refractivity contribution in [2.45, 2.75) is 23.1 Å². The Morgan fingerprint density at radius 1 is 1.67 bits per heavy atom. The zero-order valence-electron chi connectivity index (χ0n) is 6.90. The second-order valence-electron chi connectivity index (χ2n) is 3.24. The molecule has 0 aliphatic heterocycles. The van der Waals surface area contributed by atoms with Gasteiger partial charge >= 0.3 is 0 Å². The van der Waals surface area contributed by atoms with Crippen LogP contribution in [0.1, 0.15) is 12.8 Å². The van der Waals surface area contributed by atoms with Gasteiger partial charge in [0.2, 0.25) is 0 Å². The van der Waals surface area contributed by atoms with Crippen molar-refractivity contribution in [3.63, 3.8) is 0 Å². The fraction of sp³-hybridized carbons (Fsp3) is 0.556. The van der Waals surface area contributed by atoms with Crippen LogP contribution in [0.25, 0.3) is 0 Å². The maximum absolute atomic E-state index is 5.98. The first-order valence-corrected chi connectivity index (χ1v) is 6.14. The Morgan fingerprint density at radius 2 is 2.50 bits per heavy atom. The lowest BCUT2D eigenvalue weighted by atomic mass is 10.2. The van der Waals surface area contributed by atoms with E-state index in [1.807, 2.05) is 11.8 Å². The highest BCUT2D eigenvalue weighted by molar-refractivity contribution is 8.01. The summed E-state index contributed by atoms with van der Waals surface area (Å²) in [5.41, 5.74) is 5.98. The van der Waals surface area contributed by atoms with Crippen molar-refractivity contribution < 1.29 is 0 Å². The van der Waals surface area contributed by atoms with E-state index in [9.17, 15) is 0 Å². The monoisotopic (exact) mass is 199 g/mol. The summed E-state index contributed by atoms with van der Waals surface area (Å²) in [6.07, 6.45) is 2.71. The van der Waals surface area contributed by atoms with Crippen LogP contribution < -0.4 is 5.73 Å². The van der Waals surface area contributed by atoms with Crippen LogP contribution in [0.3, 0.4) is 0 Å². The number of hydrogen-bond acceptors (Lipinski definition) is 3. The van der Waals surface area contributed by atoms with Gasteiger partial charge in [0, 0.05) is 11.8 Å². The molecular weight excluding hydrogens is 186 g/mol. The Morgan fingerprint density at radius 3 is 3.08 bits per heavy atom. The van der Waals surface area contributed by atoms with Gasteiger partial charge in [0.05, 0.1) is 4.21 Å². The lowest BCUT2D eigenvalue weighted by Gasteiger charge is -2.07. The lowest BCUT2D eigenvalue weighted by Crippen LogP contribution is -2.24. The molecule has 0 aromatic carbocycles. The molecule has 1 atom stereocenters. The first-order valence-electron chi connectivity index (χ1n) is 4.28. The zero-order chi connectivity index (χ0) is 8.39. The van der Waals surface area contributed by atoms with Crippen LogP contribution in [0.5, 0.6) is 0 Å². The van der Waals surface area contributed by atoms with Gasteiger partial charge in [-0.05, 0) is 30.2 Å². The second-order valence-corrected chi connectivity index (χ2v) is 5.51. The third-order valence-electron chi connectivity index (χ3n) is 2.14. The minimum atomic E-state index is 0.428. The quantitative estimate of drug-likeness (QED) is 0.754. The van der Waals surface area contributed by atoms with Crippen LogP contribution in [-0.2, 0) is 0 Å². The molecule has 2 N–H and O–H groups in total. The fourth-order valence-corrected chi connectivity index (χ4v) is 3.08. The highest BCUT2D eigenvalue weighted by Gasteiger charge is 2.28. The number of rotatable bonds is 4. The van der Waals surface area contributed by atoms with Gasteiger partial charge in [-0.3, -0.25) is 0 Å². The van der Waals surface area contributed by atoms with Gasteiger partial charge in [-0.15, -0.1) is 23.1 Å². The fourth-order valence-electron chi connectivity index (χ4n) is 1.18. The molecule has 2 rings (SSSR count). The summed E-state index contributed by atoms with van der Waals surface area (Å²) >= 11 is 3.70. The molecule has 3 heteroatoms. The van der Waals surface area contributed by atoms with Gasteiger partial charge in [-0.1, -0.05) is 6.07 Å². The molecule has 1 aliphatic carbocycles. The van der Waals surface area contributed by atoms with Crippen molar-refractivity contribution >= 4 is 23.1 Å². The third kappa shape index (κ3) is 2.25. The first-order chi connectivity index (χ1) is 5.86. The zero-order valence-corrected chi connectivity index (χ0v) is 8.53. The molecule has 1 fully saturated rings. The van der Waals surface area contributed by atoms with Crippen molar-refractivity contribution in [1.82, 2.24) is 0 Å². The van der Waals surface area contributed by atoms with Crippen LogP contribution in [0.2, 0.25) is 0 Å². The smallest absolute Gasteiger partial charge is 0.0599 e. The van der Waals surface area contributed by atoms with Gasteiger partial charge in [-0.25, -0.2) is 0 Å². The SMILES string of the molecule is NC(CSc1cccs1)C1CC1. The summed E-state index contributed by atoms with van der Waals surface area (Å²) in [5.74, 6) is 1.92. The van der Waals surface area contributed by atoms with E-state index in [-0.39, 0.29) is 0 Å². The van der Waals surface area contributed by atoms with E-state index in [2.05, 4.69) is 17.5 Å². The van der Waals surface area contributed by atoms with Gasteiger partial charge in [-0.2, -0.15) is 0 Å². The van der Waals surface area contributed by atoms with Crippen LogP contribution in [0.15, 0.2) is 21.7 Å². The largest absolute Gasteiger partial charge is 0.327 e. The lowest BCUT2D eigenvalue weighted by molar-refractivity contribution is 0.659. The van der Waals surface area contributed by atoms with Crippen LogP contribution in [0, 0.1) is 5.92 Å². The van der Waals surface area contributed by atoms with E-state index >= 15 is 0 Å². The number of thiophene rings is 1. The van der Waals surface area contributed by atoms with Gasteiger partial charge < -0.3 is 5.73 Å². The Bertz CT molecular complexity index is 229. The van der Waals surface area contributed by atoms with E-state index in [1.54, 1.807) is 11.3 Å². The van der Waals surface area contributed by atoms with Crippen molar-refractivity contribution in [1.29, 1.82) is 0 Å². The molecule has 0 saturated heterocycles. The number of hydrogen-bond donors (Lipinski definition) is 1. The summed E-state index contributed by atoms with van der Waals surface area (Å²) in [4.78, 5) is 0. The molecule has 1 saturated carbocycles. The van der Waals surface area contributed by atoms with E-state index in [0.29, 0.717) is 6.04 Å². The molecule has 0 spiro atoms. The molecule has 66 valence electrons. The topological polar surface area (TPSA) is 26.0 Å². The minimum Gasteiger partial charge on any atom is -0.327 e. The molecule has 12 heavy (non-hydrogen) atoms. The molecule has 1 aromatic rings. The summed E-state index contributed by atoms with van der Waals surface area (Å²) in [6.45, 7) is 0. The average Bonchev–Trinajstić information content (AvgIpc) is 2.80. The summed E-state index contributed by atoms with van der Waals surface area (Å²) < 4.78 is 1.39. The van der Waals surface area contributed by atoms with Crippen LogP contribution in [-0.4, -0.2) is 11.8 Å². The Kier molecular flexibility index (Phi) is 2.73. The molecule has 0 bridgehead atoms. The maximum atomic E-state index is 5.98. The average molecular weight is 199 g/mol. The third-order valence-corrected chi connectivity index (χ3v) is 4.42. The van der Waals surface area contributed by atoms with E-state index in [1.165, 1.54) is 17.1 Å². The molecular formula is C9H13NS2. The predicted molar refractivity (Wildman–Crippen MR) is 55.7 cm³/mol. The summed E-state index contributed by atoms with van der Waals surface area (Å²) in [7, 11) is 0. The molecule has 1 heterocycles. The van der Waals surface area contributed by atoms with Crippen molar-refractivity contribution in [2.75, 3.05) is 5.75 Å². The normalized spacial score (nSPS) is 19.4. The summed E-state index contributed by atoms with van der Waals surface area (Å²) in [5, 5.41) is 2.12. The van der Waals surface area contributed by atoms with Crippen LogP contribution in [0.4, 0.5) is 0 Å². The summed E-state index contributed by atoms with van der Waals surface area (Å²) in [6, 6.07) is 4.68. The molecule has 1 aromatic heterocycles. The first kappa shape index (κ1) is 8.60. The van der Waals surface area contributed by atoms with Gasteiger partial charge in [0.15, 0.2) is 0 Å². The van der Waals surface area contributed by atoms with E-state index in [0.717, 1.165) is 11.7 Å². The molecule has 0 amide bonds. The predicted octanol–water partition coefficient (Wildman–Crippen LogP) is 2.58. The maximum Gasteiger partial charge on any atom is 0.0599 e. The van der Waals surface area contributed by atoms with E-state index < -0.39 is 0 Å². The Hall–Kier alpha value is 0.01000. The minimum absolute atomic E-state index is 0.428. The molecule has 1 unspecified atom stereocenters. The van der Waals surface area contributed by atoms with Gasteiger partial charge in [0.25, 0.3) is 0 Å². The molecule has 0 radical (unpaired) electrons. The standard InChI is InChI=1S/C9H13NS2/c10-8(7-3-4-7)6-12-9-2-1-5-11-9/h1-2,5,7-8H,3-4,6,10H2. The number of thioether (sulfide) groups is 1. The van der Waals surface area contributed by atoms with Crippen molar-refractivity contribution in [3.8, 4) is 0 Å².